The highest BCUT2D eigenvalue weighted by Crippen LogP contribution is 2.40. The quantitative estimate of drug-likeness (QED) is 0.354. The molecule has 1 aliphatic carbocycles. The molecule has 2 aliphatic rings. The number of rotatable bonds is 8. The molecule has 7 nitrogen and oxygen atoms in total. The maximum atomic E-state index is 13.5. The van der Waals surface area contributed by atoms with Gasteiger partial charge < -0.3 is 20.8 Å². The fourth-order valence-electron chi connectivity index (χ4n) is 5.91. The molecule has 0 spiro atoms. The van der Waals surface area contributed by atoms with Crippen LogP contribution < -0.4 is 10.6 Å². The summed E-state index contributed by atoms with van der Waals surface area (Å²) in [6, 6.07) is 13.6. The van der Waals surface area contributed by atoms with E-state index in [4.69, 9.17) is 0 Å². The van der Waals surface area contributed by atoms with Gasteiger partial charge in [0.25, 0.3) is 5.91 Å². The lowest BCUT2D eigenvalue weighted by Gasteiger charge is -2.48. The second-order valence-corrected chi connectivity index (χ2v) is 13.2. The van der Waals surface area contributed by atoms with Crippen LogP contribution in [0.15, 0.2) is 53.4 Å². The number of likely N-dealkylation sites (tertiary alicyclic amines) is 1. The van der Waals surface area contributed by atoms with Crippen LogP contribution in [0.25, 0.3) is 0 Å². The first kappa shape index (κ1) is 29.4. The van der Waals surface area contributed by atoms with Crippen molar-refractivity contribution in [2.75, 3.05) is 12.3 Å². The van der Waals surface area contributed by atoms with E-state index in [0.717, 1.165) is 17.7 Å². The minimum atomic E-state index is -1.05. The molecule has 1 aliphatic heterocycles. The van der Waals surface area contributed by atoms with Crippen molar-refractivity contribution in [2.24, 2.45) is 11.8 Å². The molecule has 4 N–H and O–H groups in total. The molecule has 8 heteroatoms. The third-order valence-corrected chi connectivity index (χ3v) is 9.11. The molecule has 39 heavy (non-hydrogen) atoms. The SMILES string of the molecule is Cc1c(O)cccc1C(=O)NC(CSc1ccccc1)C(O)N1CC2CCCCC2CC1C(=O)NC(C)(C)C. The average molecular weight is 554 g/mol. The van der Waals surface area contributed by atoms with Gasteiger partial charge in [-0.3, -0.25) is 14.5 Å². The molecule has 0 radical (unpaired) electrons. The summed E-state index contributed by atoms with van der Waals surface area (Å²) in [5.41, 5.74) is 0.468. The van der Waals surface area contributed by atoms with E-state index in [-0.39, 0.29) is 23.1 Å². The van der Waals surface area contributed by atoms with E-state index in [1.807, 2.05) is 56.0 Å². The predicted molar refractivity (Wildman–Crippen MR) is 156 cm³/mol. The summed E-state index contributed by atoms with van der Waals surface area (Å²) in [5, 5.41) is 28.3. The Morgan fingerprint density at radius 1 is 1.05 bits per heavy atom. The van der Waals surface area contributed by atoms with Crippen LogP contribution in [0.2, 0.25) is 0 Å². The van der Waals surface area contributed by atoms with Crippen LogP contribution in [-0.4, -0.2) is 63.1 Å². The van der Waals surface area contributed by atoms with Crippen LogP contribution in [0.4, 0.5) is 0 Å². The Labute approximate surface area is 236 Å². The van der Waals surface area contributed by atoms with Crippen molar-refractivity contribution in [3.05, 3.63) is 59.7 Å². The van der Waals surface area contributed by atoms with Crippen LogP contribution in [0.1, 0.15) is 68.8 Å². The van der Waals surface area contributed by atoms with Gasteiger partial charge in [-0.05, 0) is 76.6 Å². The molecule has 1 saturated heterocycles. The first-order valence-electron chi connectivity index (χ1n) is 14.1. The van der Waals surface area contributed by atoms with Crippen LogP contribution >= 0.6 is 11.8 Å². The van der Waals surface area contributed by atoms with Gasteiger partial charge in [0.05, 0.1) is 12.1 Å². The van der Waals surface area contributed by atoms with Crippen molar-refractivity contribution in [3.8, 4) is 5.75 Å². The maximum Gasteiger partial charge on any atom is 0.252 e. The highest BCUT2D eigenvalue weighted by Gasteiger charge is 2.44. The zero-order valence-corrected chi connectivity index (χ0v) is 24.3. The standard InChI is InChI=1S/C31H43N3O4S/c1-20-24(15-10-16-27(20)35)28(36)32-25(19-39-23-13-6-5-7-14-23)30(38)34-18-22-12-9-8-11-21(22)17-26(34)29(37)33-31(2,3)4/h5-7,10,13-16,21-22,25-26,30,35,38H,8-9,11-12,17-19H2,1-4H3,(H,32,36)(H,33,37). The van der Waals surface area contributed by atoms with Crippen LogP contribution in [0, 0.1) is 18.8 Å². The number of piperidine rings is 1. The Morgan fingerprint density at radius 2 is 1.74 bits per heavy atom. The molecule has 2 fully saturated rings. The Balaban J connectivity index is 1.61. The van der Waals surface area contributed by atoms with E-state index in [0.29, 0.717) is 41.7 Å². The summed E-state index contributed by atoms with van der Waals surface area (Å²) in [6.45, 7) is 8.23. The lowest BCUT2D eigenvalue weighted by molar-refractivity contribution is -0.142. The fourth-order valence-corrected chi connectivity index (χ4v) is 6.89. The van der Waals surface area contributed by atoms with E-state index >= 15 is 0 Å². The van der Waals surface area contributed by atoms with E-state index in [1.165, 1.54) is 12.8 Å². The van der Waals surface area contributed by atoms with Gasteiger partial charge in [-0.2, -0.15) is 0 Å². The van der Waals surface area contributed by atoms with Crippen molar-refractivity contribution in [3.63, 3.8) is 0 Å². The van der Waals surface area contributed by atoms with Crippen LogP contribution in [0.5, 0.6) is 5.75 Å². The van der Waals surface area contributed by atoms with Gasteiger partial charge in [-0.25, -0.2) is 0 Å². The van der Waals surface area contributed by atoms with Crippen molar-refractivity contribution < 1.29 is 19.8 Å². The monoisotopic (exact) mass is 553 g/mol. The largest absolute Gasteiger partial charge is 0.508 e. The Bertz CT molecular complexity index is 1140. The number of aromatic hydroxyl groups is 1. The summed E-state index contributed by atoms with van der Waals surface area (Å²) in [5.74, 6) is 0.946. The van der Waals surface area contributed by atoms with Crippen molar-refractivity contribution in [1.82, 2.24) is 15.5 Å². The number of carbonyl (C=O) groups excluding carboxylic acids is 2. The number of benzene rings is 2. The number of phenols is 1. The summed E-state index contributed by atoms with van der Waals surface area (Å²) in [7, 11) is 0. The van der Waals surface area contributed by atoms with Crippen molar-refractivity contribution in [1.29, 1.82) is 0 Å². The molecule has 1 heterocycles. The molecule has 5 unspecified atom stereocenters. The zero-order chi connectivity index (χ0) is 28.2. The summed E-state index contributed by atoms with van der Waals surface area (Å²) < 4.78 is 0. The van der Waals surface area contributed by atoms with Crippen molar-refractivity contribution >= 4 is 23.6 Å². The minimum absolute atomic E-state index is 0.0525. The first-order chi connectivity index (χ1) is 18.5. The lowest BCUT2D eigenvalue weighted by Crippen LogP contribution is -2.64. The van der Waals surface area contributed by atoms with Gasteiger partial charge in [0, 0.05) is 33.9 Å². The first-order valence-corrected chi connectivity index (χ1v) is 15.0. The molecule has 0 bridgehead atoms. The number of carbonyl (C=O) groups is 2. The lowest BCUT2D eigenvalue weighted by atomic mass is 9.72. The number of aliphatic hydroxyl groups is 1. The number of thioether (sulfide) groups is 1. The van der Waals surface area contributed by atoms with Gasteiger partial charge in [-0.15, -0.1) is 11.8 Å². The number of nitrogens with zero attached hydrogens (tertiary/aromatic N) is 1. The number of phenolic OH excluding ortho intramolecular Hbond substituents is 1. The summed E-state index contributed by atoms with van der Waals surface area (Å²) in [6.07, 6.45) is 4.23. The zero-order valence-electron chi connectivity index (χ0n) is 23.5. The summed E-state index contributed by atoms with van der Waals surface area (Å²) in [4.78, 5) is 29.9. The second-order valence-electron chi connectivity index (χ2n) is 12.1. The number of hydrogen-bond donors (Lipinski definition) is 4. The second kappa shape index (κ2) is 12.7. The predicted octanol–water partition coefficient (Wildman–Crippen LogP) is 4.71. The van der Waals surface area contributed by atoms with Gasteiger partial charge in [0.2, 0.25) is 5.91 Å². The number of nitrogens with one attached hydrogen (secondary N) is 2. The van der Waals surface area contributed by atoms with Gasteiger partial charge in [0.15, 0.2) is 0 Å². The molecule has 212 valence electrons. The highest BCUT2D eigenvalue weighted by atomic mass is 32.2. The molecular formula is C31H43N3O4S. The molecule has 5 atom stereocenters. The Hall–Kier alpha value is -2.55. The van der Waals surface area contributed by atoms with Crippen LogP contribution in [-0.2, 0) is 4.79 Å². The van der Waals surface area contributed by atoms with Gasteiger partial charge >= 0.3 is 0 Å². The van der Waals surface area contributed by atoms with Gasteiger partial charge in [-0.1, -0.05) is 43.5 Å². The van der Waals surface area contributed by atoms with E-state index in [2.05, 4.69) is 10.6 Å². The number of aliphatic hydroxyl groups excluding tert-OH is 1. The number of amides is 2. The van der Waals surface area contributed by atoms with Gasteiger partial charge in [0.1, 0.15) is 12.0 Å². The summed E-state index contributed by atoms with van der Waals surface area (Å²) >= 11 is 1.56. The number of fused-ring (bicyclic) bond motifs is 1. The number of hydrogen-bond acceptors (Lipinski definition) is 6. The molecule has 2 amide bonds. The third-order valence-electron chi connectivity index (χ3n) is 7.98. The smallest absolute Gasteiger partial charge is 0.252 e. The van der Waals surface area contributed by atoms with Crippen LogP contribution in [0.3, 0.4) is 0 Å². The molecule has 0 aromatic heterocycles. The molecule has 2 aromatic rings. The molecule has 1 saturated carbocycles. The molecular weight excluding hydrogens is 510 g/mol. The topological polar surface area (TPSA) is 102 Å². The maximum absolute atomic E-state index is 13.5. The molecule has 2 aromatic carbocycles. The average Bonchev–Trinajstić information content (AvgIpc) is 2.91. The normalized spacial score (nSPS) is 23.4. The van der Waals surface area contributed by atoms with E-state index in [1.54, 1.807) is 36.9 Å². The third kappa shape index (κ3) is 7.56. The van der Waals surface area contributed by atoms with Crippen molar-refractivity contribution in [2.45, 2.75) is 88.5 Å². The fraction of sp³-hybridized carbons (Fsp3) is 0.548. The Kier molecular flexibility index (Phi) is 9.62. The Morgan fingerprint density at radius 3 is 2.44 bits per heavy atom. The van der Waals surface area contributed by atoms with E-state index < -0.39 is 18.3 Å². The highest BCUT2D eigenvalue weighted by molar-refractivity contribution is 7.99. The molecule has 4 rings (SSSR count). The van der Waals surface area contributed by atoms with E-state index in [9.17, 15) is 19.8 Å². The minimum Gasteiger partial charge on any atom is -0.508 e.